The molecule has 0 aliphatic rings. The molecule has 4 aromatic rings. The Labute approximate surface area is 181 Å². The maximum atomic E-state index is 13.3. The minimum atomic E-state index is -4.64. The first-order chi connectivity index (χ1) is 14.7. The van der Waals surface area contributed by atoms with E-state index >= 15 is 0 Å². The number of rotatable bonds is 4. The van der Waals surface area contributed by atoms with Crippen LogP contribution in [0.2, 0.25) is 0 Å². The van der Waals surface area contributed by atoms with Crippen LogP contribution in [0.15, 0.2) is 70.3 Å². The van der Waals surface area contributed by atoms with Crippen LogP contribution in [0.3, 0.4) is 0 Å². The van der Waals surface area contributed by atoms with E-state index < -0.39 is 29.0 Å². The van der Waals surface area contributed by atoms with Crippen LogP contribution in [0.25, 0.3) is 10.9 Å². The summed E-state index contributed by atoms with van der Waals surface area (Å²) < 4.78 is 60.4. The van der Waals surface area contributed by atoms with Crippen LogP contribution in [0, 0.1) is 5.82 Å². The largest absolute Gasteiger partial charge is 0.438 e. The van der Waals surface area contributed by atoms with Crippen molar-refractivity contribution in [3.63, 3.8) is 0 Å². The lowest BCUT2D eigenvalue weighted by Gasteiger charge is -2.14. The quantitative estimate of drug-likeness (QED) is 0.349. The minimum absolute atomic E-state index is 0.0105. The van der Waals surface area contributed by atoms with Crippen LogP contribution < -0.4 is 10.3 Å². The highest BCUT2D eigenvalue weighted by Crippen LogP contribution is 2.36. The van der Waals surface area contributed by atoms with Crippen LogP contribution in [0.1, 0.15) is 11.1 Å². The third-order valence-electron chi connectivity index (χ3n) is 4.47. The summed E-state index contributed by atoms with van der Waals surface area (Å²) in [6.07, 6.45) is -2.11. The second-order valence-electron chi connectivity index (χ2n) is 6.55. The standard InChI is InChI=1S/C21H12BrF4N3O2/c22-17-8-13(23)4-3-12(17)10-29-11-28-19(30)15-9-14(5-6-18(15)29)31-20-16(21(24,25)26)2-1-7-27-20/h1-9,11H,10H2. The zero-order valence-electron chi connectivity index (χ0n) is 15.5. The van der Waals surface area contributed by atoms with E-state index in [-0.39, 0.29) is 17.7 Å². The smallest absolute Gasteiger partial charge is 0.421 e. The molecule has 0 saturated heterocycles. The van der Waals surface area contributed by atoms with Crippen LogP contribution in [0.5, 0.6) is 11.6 Å². The van der Waals surface area contributed by atoms with Gasteiger partial charge in [-0.05, 0) is 48.0 Å². The molecular weight excluding hydrogens is 482 g/mol. The predicted molar refractivity (Wildman–Crippen MR) is 109 cm³/mol. The molecule has 0 atom stereocenters. The summed E-state index contributed by atoms with van der Waals surface area (Å²) in [5, 5.41) is 0.155. The summed E-state index contributed by atoms with van der Waals surface area (Å²) in [6, 6.07) is 10.6. The van der Waals surface area contributed by atoms with E-state index in [1.165, 1.54) is 36.8 Å². The Morgan fingerprint density at radius 2 is 1.87 bits per heavy atom. The van der Waals surface area contributed by atoms with E-state index in [1.54, 1.807) is 16.7 Å². The fraction of sp³-hybridized carbons (Fsp3) is 0.0952. The molecule has 0 bridgehead atoms. The van der Waals surface area contributed by atoms with Crippen LogP contribution in [-0.4, -0.2) is 14.5 Å². The minimum Gasteiger partial charge on any atom is -0.438 e. The summed E-state index contributed by atoms with van der Waals surface area (Å²) >= 11 is 3.30. The van der Waals surface area contributed by atoms with Gasteiger partial charge in [-0.25, -0.2) is 9.37 Å². The van der Waals surface area contributed by atoms with Crippen LogP contribution in [0.4, 0.5) is 17.6 Å². The van der Waals surface area contributed by atoms with Gasteiger partial charge in [-0.3, -0.25) is 4.79 Å². The van der Waals surface area contributed by atoms with Gasteiger partial charge in [-0.2, -0.15) is 18.2 Å². The summed E-state index contributed by atoms with van der Waals surface area (Å²) in [5.41, 5.74) is -0.357. The van der Waals surface area contributed by atoms with Gasteiger partial charge in [0.25, 0.3) is 5.56 Å². The molecule has 0 saturated carbocycles. The number of halogens is 5. The van der Waals surface area contributed by atoms with E-state index in [0.29, 0.717) is 9.99 Å². The Kier molecular flexibility index (Phi) is 5.48. The number of hydrogen-bond donors (Lipinski definition) is 0. The number of hydrogen-bond acceptors (Lipinski definition) is 4. The number of ether oxygens (including phenoxy) is 1. The molecule has 0 amide bonds. The van der Waals surface area contributed by atoms with Crippen molar-refractivity contribution in [1.82, 2.24) is 14.5 Å². The average molecular weight is 494 g/mol. The highest BCUT2D eigenvalue weighted by atomic mass is 79.9. The van der Waals surface area contributed by atoms with E-state index in [0.717, 1.165) is 17.7 Å². The van der Waals surface area contributed by atoms with Crippen molar-refractivity contribution in [2.75, 3.05) is 0 Å². The van der Waals surface area contributed by atoms with Crippen LogP contribution in [-0.2, 0) is 12.7 Å². The lowest BCUT2D eigenvalue weighted by molar-refractivity contribution is -0.138. The number of benzene rings is 2. The monoisotopic (exact) mass is 493 g/mol. The first-order valence-corrected chi connectivity index (χ1v) is 9.65. The van der Waals surface area contributed by atoms with Gasteiger partial charge in [0.2, 0.25) is 5.88 Å². The first kappa shape index (κ1) is 21.0. The highest BCUT2D eigenvalue weighted by molar-refractivity contribution is 9.10. The van der Waals surface area contributed by atoms with Crippen molar-refractivity contribution < 1.29 is 22.3 Å². The molecule has 0 spiro atoms. The molecule has 2 heterocycles. The molecular formula is C21H12BrF4N3O2. The molecule has 0 radical (unpaired) electrons. The van der Waals surface area contributed by atoms with Crippen molar-refractivity contribution in [2.24, 2.45) is 0 Å². The molecule has 5 nitrogen and oxygen atoms in total. The van der Waals surface area contributed by atoms with Gasteiger partial charge in [0.05, 0.1) is 23.8 Å². The normalized spacial score (nSPS) is 11.6. The van der Waals surface area contributed by atoms with Gasteiger partial charge >= 0.3 is 6.18 Å². The fourth-order valence-corrected chi connectivity index (χ4v) is 3.49. The molecule has 0 aliphatic heterocycles. The molecule has 4 rings (SSSR count). The van der Waals surface area contributed by atoms with Crippen molar-refractivity contribution >= 4 is 26.8 Å². The zero-order chi connectivity index (χ0) is 22.2. The maximum Gasteiger partial charge on any atom is 0.421 e. The highest BCUT2D eigenvalue weighted by Gasteiger charge is 2.35. The summed E-state index contributed by atoms with van der Waals surface area (Å²) in [7, 11) is 0. The summed E-state index contributed by atoms with van der Waals surface area (Å²) in [4.78, 5) is 19.8. The Balaban J connectivity index is 1.72. The molecule has 0 N–H and O–H groups in total. The molecule has 31 heavy (non-hydrogen) atoms. The van der Waals surface area contributed by atoms with Crippen molar-refractivity contribution in [1.29, 1.82) is 0 Å². The second-order valence-corrected chi connectivity index (χ2v) is 7.40. The molecule has 0 aliphatic carbocycles. The Hall–Kier alpha value is -3.27. The number of fused-ring (bicyclic) bond motifs is 1. The third-order valence-corrected chi connectivity index (χ3v) is 5.21. The van der Waals surface area contributed by atoms with Gasteiger partial charge in [-0.15, -0.1) is 0 Å². The van der Waals surface area contributed by atoms with Gasteiger partial charge in [0, 0.05) is 10.7 Å². The average Bonchev–Trinajstić information content (AvgIpc) is 2.72. The predicted octanol–water partition coefficient (Wildman–Crippen LogP) is 5.55. The number of nitrogens with zero attached hydrogens (tertiary/aromatic N) is 3. The zero-order valence-corrected chi connectivity index (χ0v) is 17.1. The van der Waals surface area contributed by atoms with Gasteiger partial charge < -0.3 is 9.30 Å². The molecule has 10 heteroatoms. The molecule has 2 aromatic heterocycles. The maximum absolute atomic E-state index is 13.3. The number of aromatic nitrogens is 3. The topological polar surface area (TPSA) is 57.0 Å². The van der Waals surface area contributed by atoms with Crippen molar-refractivity contribution in [3.05, 3.63) is 92.8 Å². The first-order valence-electron chi connectivity index (χ1n) is 8.85. The van der Waals surface area contributed by atoms with E-state index in [1.807, 2.05) is 0 Å². The van der Waals surface area contributed by atoms with Gasteiger partial charge in [0.15, 0.2) is 0 Å². The molecule has 0 unspecified atom stereocenters. The van der Waals surface area contributed by atoms with Crippen molar-refractivity contribution in [2.45, 2.75) is 12.7 Å². The lowest BCUT2D eigenvalue weighted by Crippen LogP contribution is -2.13. The third kappa shape index (κ3) is 4.43. The van der Waals surface area contributed by atoms with Gasteiger partial charge in [-0.1, -0.05) is 22.0 Å². The lowest BCUT2D eigenvalue weighted by atomic mass is 10.2. The SMILES string of the molecule is O=c1ncn(Cc2ccc(F)cc2Br)c2ccc(Oc3ncccc3C(F)(F)F)cc12. The van der Waals surface area contributed by atoms with E-state index in [4.69, 9.17) is 4.74 Å². The number of alkyl halides is 3. The fourth-order valence-electron chi connectivity index (χ4n) is 3.01. The summed E-state index contributed by atoms with van der Waals surface area (Å²) in [6.45, 7) is 0.281. The van der Waals surface area contributed by atoms with Gasteiger partial charge in [0.1, 0.15) is 17.1 Å². The Morgan fingerprint density at radius 3 is 2.61 bits per heavy atom. The molecule has 0 fully saturated rings. The second kappa shape index (κ2) is 8.10. The van der Waals surface area contributed by atoms with E-state index in [2.05, 4.69) is 25.9 Å². The number of pyridine rings is 1. The molecule has 2 aromatic carbocycles. The molecule has 158 valence electrons. The summed E-state index contributed by atoms with van der Waals surface area (Å²) in [5.74, 6) is -1.00. The van der Waals surface area contributed by atoms with Crippen LogP contribution >= 0.6 is 15.9 Å². The Bertz CT molecular complexity index is 1340. The van der Waals surface area contributed by atoms with E-state index in [9.17, 15) is 22.4 Å². The van der Waals surface area contributed by atoms with Crippen molar-refractivity contribution in [3.8, 4) is 11.6 Å². The Morgan fingerprint density at radius 1 is 1.06 bits per heavy atom.